The van der Waals surface area contributed by atoms with Gasteiger partial charge >= 0.3 is 0 Å². The third-order valence-electron chi connectivity index (χ3n) is 3.98. The standard InChI is InChI=1S/C17H20ClN3O3S/c1-12(21(2)11-13-3-5-14(18)6-4-13)17(22)20-15-7-9-16(10-8-15)25(19,23)24/h3-10,12H,11H2,1-2H3,(H,20,22)(H2,19,23,24)/p+1/t12-/m1/s1. The fourth-order valence-electron chi connectivity index (χ4n) is 2.28. The topological polar surface area (TPSA) is 93.7 Å². The van der Waals surface area contributed by atoms with E-state index in [0.717, 1.165) is 10.5 Å². The molecule has 0 bridgehead atoms. The first-order chi connectivity index (χ1) is 11.7. The van der Waals surface area contributed by atoms with E-state index in [1.807, 2.05) is 38.2 Å². The Balaban J connectivity index is 1.98. The van der Waals surface area contributed by atoms with Crippen LogP contribution in [0, 0.1) is 0 Å². The Hall–Kier alpha value is -1.93. The SMILES string of the molecule is C[C@H](C(=O)Nc1ccc(S(N)(=O)=O)cc1)[NH+](C)Cc1ccc(Cl)cc1. The average molecular weight is 383 g/mol. The second-order valence-electron chi connectivity index (χ2n) is 5.93. The molecule has 0 aliphatic heterocycles. The minimum absolute atomic E-state index is 0.00373. The van der Waals surface area contributed by atoms with Gasteiger partial charge in [-0.05, 0) is 43.3 Å². The highest BCUT2D eigenvalue weighted by Gasteiger charge is 2.22. The molecule has 2 atom stereocenters. The number of sulfonamides is 1. The molecule has 0 radical (unpaired) electrons. The molecule has 2 rings (SSSR count). The number of hydrogen-bond acceptors (Lipinski definition) is 3. The Bertz CT molecular complexity index is 836. The van der Waals surface area contributed by atoms with Gasteiger partial charge in [-0.1, -0.05) is 23.7 Å². The first-order valence-corrected chi connectivity index (χ1v) is 9.60. The summed E-state index contributed by atoms with van der Waals surface area (Å²) in [4.78, 5) is 13.4. The van der Waals surface area contributed by atoms with Gasteiger partial charge in [-0.15, -0.1) is 0 Å². The smallest absolute Gasteiger partial charge is 0.282 e. The lowest BCUT2D eigenvalue weighted by molar-refractivity contribution is -0.907. The van der Waals surface area contributed by atoms with Crippen LogP contribution >= 0.6 is 11.6 Å². The van der Waals surface area contributed by atoms with Crippen LogP contribution in [0.3, 0.4) is 0 Å². The van der Waals surface area contributed by atoms with Crippen LogP contribution in [0.4, 0.5) is 5.69 Å². The van der Waals surface area contributed by atoms with Gasteiger partial charge in [-0.3, -0.25) is 4.79 Å². The number of carbonyl (C=O) groups excluding carboxylic acids is 1. The van der Waals surface area contributed by atoms with E-state index in [4.69, 9.17) is 16.7 Å². The summed E-state index contributed by atoms with van der Waals surface area (Å²) in [7, 11) is -1.81. The number of amides is 1. The van der Waals surface area contributed by atoms with E-state index in [-0.39, 0.29) is 16.8 Å². The number of hydrogen-bond donors (Lipinski definition) is 3. The van der Waals surface area contributed by atoms with Crippen LogP contribution in [0.25, 0.3) is 0 Å². The molecule has 25 heavy (non-hydrogen) atoms. The second-order valence-corrected chi connectivity index (χ2v) is 7.93. The fourth-order valence-corrected chi connectivity index (χ4v) is 2.92. The monoisotopic (exact) mass is 382 g/mol. The van der Waals surface area contributed by atoms with Crippen LogP contribution < -0.4 is 15.4 Å². The van der Waals surface area contributed by atoms with Crippen molar-refractivity contribution in [2.24, 2.45) is 5.14 Å². The van der Waals surface area contributed by atoms with Gasteiger partial charge in [0, 0.05) is 16.3 Å². The van der Waals surface area contributed by atoms with Crippen LogP contribution in [-0.4, -0.2) is 27.4 Å². The summed E-state index contributed by atoms with van der Waals surface area (Å²) in [6, 6.07) is 13.0. The number of nitrogens with one attached hydrogen (secondary N) is 2. The lowest BCUT2D eigenvalue weighted by Crippen LogP contribution is -3.12. The summed E-state index contributed by atoms with van der Waals surface area (Å²) in [5.74, 6) is -0.158. The summed E-state index contributed by atoms with van der Waals surface area (Å²) in [5.41, 5.74) is 1.60. The van der Waals surface area contributed by atoms with Gasteiger partial charge in [0.1, 0.15) is 6.54 Å². The van der Waals surface area contributed by atoms with Crippen molar-refractivity contribution in [3.63, 3.8) is 0 Å². The molecule has 0 aromatic heterocycles. The molecule has 1 amide bonds. The van der Waals surface area contributed by atoms with Crippen molar-refractivity contribution in [1.82, 2.24) is 0 Å². The van der Waals surface area contributed by atoms with E-state index in [0.29, 0.717) is 17.3 Å². The zero-order valence-corrected chi connectivity index (χ0v) is 15.6. The third kappa shape index (κ3) is 5.54. The molecule has 0 aliphatic rings. The largest absolute Gasteiger partial charge is 0.324 e. The molecule has 0 heterocycles. The van der Waals surface area contributed by atoms with Gasteiger partial charge in [-0.2, -0.15) is 0 Å². The molecule has 2 aromatic carbocycles. The molecular weight excluding hydrogens is 362 g/mol. The first kappa shape index (κ1) is 19.4. The van der Waals surface area contributed by atoms with Crippen molar-refractivity contribution in [1.29, 1.82) is 0 Å². The van der Waals surface area contributed by atoms with Gasteiger partial charge in [-0.25, -0.2) is 13.6 Å². The van der Waals surface area contributed by atoms with Gasteiger partial charge in [0.15, 0.2) is 6.04 Å². The molecule has 0 spiro atoms. The highest BCUT2D eigenvalue weighted by molar-refractivity contribution is 7.89. The van der Waals surface area contributed by atoms with Crippen LogP contribution in [0.15, 0.2) is 53.4 Å². The summed E-state index contributed by atoms with van der Waals surface area (Å²) in [5, 5.41) is 8.51. The summed E-state index contributed by atoms with van der Waals surface area (Å²) in [6.45, 7) is 2.51. The molecule has 0 saturated heterocycles. The van der Waals surface area contributed by atoms with Crippen LogP contribution in [0.2, 0.25) is 5.02 Å². The van der Waals surface area contributed by atoms with Gasteiger partial charge in [0.05, 0.1) is 11.9 Å². The number of halogens is 1. The molecule has 1 unspecified atom stereocenters. The van der Waals surface area contributed by atoms with Gasteiger partial charge in [0.2, 0.25) is 10.0 Å². The number of nitrogens with two attached hydrogens (primary N) is 1. The number of quaternary nitrogens is 1. The number of likely N-dealkylation sites (N-methyl/N-ethyl adjacent to an activating group) is 1. The van der Waals surface area contributed by atoms with Crippen molar-refractivity contribution >= 4 is 33.2 Å². The number of rotatable bonds is 6. The maximum absolute atomic E-state index is 12.4. The predicted molar refractivity (Wildman–Crippen MR) is 97.9 cm³/mol. The van der Waals surface area contributed by atoms with E-state index in [1.54, 1.807) is 0 Å². The number of benzene rings is 2. The summed E-state index contributed by atoms with van der Waals surface area (Å²) >= 11 is 5.87. The zero-order chi connectivity index (χ0) is 18.6. The van der Waals surface area contributed by atoms with E-state index in [1.165, 1.54) is 24.3 Å². The Labute approximate surface area is 152 Å². The Morgan fingerprint density at radius 3 is 2.24 bits per heavy atom. The summed E-state index contributed by atoms with van der Waals surface area (Å²) < 4.78 is 22.5. The maximum Gasteiger partial charge on any atom is 0.282 e. The molecule has 4 N–H and O–H groups in total. The van der Waals surface area contributed by atoms with Crippen molar-refractivity contribution in [2.75, 3.05) is 12.4 Å². The third-order valence-corrected chi connectivity index (χ3v) is 5.16. The number of carbonyl (C=O) groups is 1. The highest BCUT2D eigenvalue weighted by atomic mass is 35.5. The van der Waals surface area contributed by atoms with Gasteiger partial charge in [0.25, 0.3) is 5.91 Å². The Morgan fingerprint density at radius 1 is 1.16 bits per heavy atom. The number of anilines is 1. The van der Waals surface area contributed by atoms with Crippen molar-refractivity contribution in [3.8, 4) is 0 Å². The molecule has 0 fully saturated rings. The molecule has 0 aliphatic carbocycles. The van der Waals surface area contributed by atoms with E-state index < -0.39 is 10.0 Å². The van der Waals surface area contributed by atoms with Gasteiger partial charge < -0.3 is 10.2 Å². The lowest BCUT2D eigenvalue weighted by Gasteiger charge is -2.21. The molecular formula is C17H21ClN3O3S+. The van der Waals surface area contributed by atoms with Crippen molar-refractivity contribution in [3.05, 3.63) is 59.1 Å². The fraction of sp³-hybridized carbons (Fsp3) is 0.235. The van der Waals surface area contributed by atoms with Crippen LogP contribution in [-0.2, 0) is 21.4 Å². The zero-order valence-electron chi connectivity index (χ0n) is 14.0. The van der Waals surface area contributed by atoms with E-state index in [2.05, 4.69) is 5.32 Å². The maximum atomic E-state index is 12.4. The summed E-state index contributed by atoms with van der Waals surface area (Å²) in [6.07, 6.45) is 0. The molecule has 8 heteroatoms. The Kier molecular flexibility index (Phi) is 6.18. The second kappa shape index (κ2) is 7.97. The van der Waals surface area contributed by atoms with Crippen molar-refractivity contribution < 1.29 is 18.1 Å². The molecule has 6 nitrogen and oxygen atoms in total. The quantitative estimate of drug-likeness (QED) is 0.696. The van der Waals surface area contributed by atoms with Crippen LogP contribution in [0.5, 0.6) is 0 Å². The minimum Gasteiger partial charge on any atom is -0.324 e. The lowest BCUT2D eigenvalue weighted by atomic mass is 10.2. The van der Waals surface area contributed by atoms with Crippen molar-refractivity contribution in [2.45, 2.75) is 24.4 Å². The highest BCUT2D eigenvalue weighted by Crippen LogP contribution is 2.13. The predicted octanol–water partition coefficient (Wildman–Crippen LogP) is 1.03. The number of primary sulfonamides is 1. The minimum atomic E-state index is -3.74. The van der Waals surface area contributed by atoms with E-state index >= 15 is 0 Å². The average Bonchev–Trinajstić information content (AvgIpc) is 2.55. The molecule has 0 saturated carbocycles. The Morgan fingerprint density at radius 2 is 1.72 bits per heavy atom. The normalized spacial score (nSPS) is 13.9. The first-order valence-electron chi connectivity index (χ1n) is 7.67. The molecule has 134 valence electrons. The van der Waals surface area contributed by atoms with Crippen LogP contribution in [0.1, 0.15) is 12.5 Å². The molecule has 2 aromatic rings. The van der Waals surface area contributed by atoms with E-state index in [9.17, 15) is 13.2 Å².